The highest BCUT2D eigenvalue weighted by atomic mass is 28.4. The van der Waals surface area contributed by atoms with Gasteiger partial charge in [0.2, 0.25) is 0 Å². The molecule has 111 heavy (non-hydrogen) atoms. The fraction of sp³-hybridized carbons (Fsp3) is 0.388. The van der Waals surface area contributed by atoms with E-state index in [-0.39, 0.29) is 32.0 Å². The van der Waals surface area contributed by atoms with Gasteiger partial charge in [0, 0.05) is 37.9 Å². The lowest BCUT2D eigenvalue weighted by atomic mass is 9.82. The minimum Gasteiger partial charge on any atom is -0.401 e. The van der Waals surface area contributed by atoms with Crippen molar-refractivity contribution in [2.75, 3.05) is 26.4 Å². The Morgan fingerprint density at radius 2 is 0.586 bits per heavy atom. The van der Waals surface area contributed by atoms with E-state index in [0.717, 1.165) is 48.0 Å². The average Bonchev–Trinajstić information content (AvgIpc) is 0.733. The number of rotatable bonds is 28. The summed E-state index contributed by atoms with van der Waals surface area (Å²) >= 11 is 0. The van der Waals surface area contributed by atoms with Gasteiger partial charge in [-0.2, -0.15) is 0 Å². The first kappa shape index (κ1) is 83.1. The van der Waals surface area contributed by atoms with E-state index >= 15 is 0 Å². The van der Waals surface area contributed by atoms with Crippen LogP contribution in [0.25, 0.3) is 0 Å². The van der Waals surface area contributed by atoms with Gasteiger partial charge in [-0.1, -0.05) is 363 Å². The molecule has 0 aromatic heterocycles. The van der Waals surface area contributed by atoms with Crippen LogP contribution in [0.1, 0.15) is 134 Å². The molecule has 0 N–H and O–H groups in total. The summed E-state index contributed by atoms with van der Waals surface area (Å²) in [5.74, 6) is -0.00962. The van der Waals surface area contributed by atoms with Gasteiger partial charge < -0.3 is 41.4 Å². The zero-order valence-corrected chi connectivity index (χ0v) is 72.2. The molecule has 10 atom stereocenters. The standard InChI is InChI=1S/C98H122O9Si4/c1-17-67-99-91-87(104-108(95(5,6)7,79-47-27-19-28-48-79)80-49-29-20-30-50-80)71-77(73(3)89(91)106-110(97(11,12)13,83-55-35-23-36-56-83)84-57-37-24-38-58-84)65-63-75-45-43-69-101-93(75)103-94-76(46-44-70-102-94)64-66-78-72-88(105-109(96(8,9)10,81-51-31-21-32-52-81)82-53-33-22-34-54-82)92(100-68-18-2)90(74(78)4)107-111(98(14,15)16,85-59-39-25-40-60-85)86-61-41-26-42-62-86/h17-42,47-62,65-66,75-76,87-94H,1-4,43-46,63-64,67-72H2,5-16H3. The smallest absolute Gasteiger partial charge is 0.262 e. The molecule has 4 fully saturated rings. The Morgan fingerprint density at radius 1 is 0.351 bits per heavy atom. The number of hydrogen-bond donors (Lipinski definition) is 0. The summed E-state index contributed by atoms with van der Waals surface area (Å²) in [6.07, 6.45) is 10.2. The van der Waals surface area contributed by atoms with Gasteiger partial charge in [0.25, 0.3) is 33.3 Å². The third kappa shape index (κ3) is 17.4. The zero-order valence-electron chi connectivity index (χ0n) is 68.2. The van der Waals surface area contributed by atoms with Crippen LogP contribution in [0.5, 0.6) is 0 Å². The summed E-state index contributed by atoms with van der Waals surface area (Å²) in [7, 11) is -13.0. The maximum atomic E-state index is 8.36. The van der Waals surface area contributed by atoms with Crippen molar-refractivity contribution in [3.63, 3.8) is 0 Å². The highest BCUT2D eigenvalue weighted by Gasteiger charge is 2.60. The van der Waals surface area contributed by atoms with Crippen molar-refractivity contribution in [3.8, 4) is 0 Å². The summed E-state index contributed by atoms with van der Waals surface area (Å²) in [6.45, 7) is 48.6. The predicted molar refractivity (Wildman–Crippen MR) is 469 cm³/mol. The molecule has 8 aromatic carbocycles. The molecule has 2 aliphatic heterocycles. The maximum Gasteiger partial charge on any atom is 0.262 e. The topological polar surface area (TPSA) is 83.1 Å². The number of hydrogen-bond acceptors (Lipinski definition) is 9. The molecule has 0 bridgehead atoms. The maximum absolute atomic E-state index is 8.36. The summed E-state index contributed by atoms with van der Waals surface area (Å²) in [6, 6.07) is 87.5. The van der Waals surface area contributed by atoms with Crippen LogP contribution >= 0.6 is 0 Å². The van der Waals surface area contributed by atoms with Gasteiger partial charge in [-0.05, 0) is 122 Å². The molecular weight excluding hydrogens is 1430 g/mol. The Hall–Kier alpha value is -7.29. The monoisotopic (exact) mass is 1550 g/mol. The summed E-state index contributed by atoms with van der Waals surface area (Å²) < 4.78 is 69.2. The van der Waals surface area contributed by atoms with Gasteiger partial charge in [-0.15, -0.1) is 13.2 Å². The largest absolute Gasteiger partial charge is 0.401 e. The first-order valence-corrected chi connectivity index (χ1v) is 48.2. The van der Waals surface area contributed by atoms with Crippen LogP contribution in [-0.4, -0.2) is 109 Å². The normalized spacial score (nSPS) is 23.5. The van der Waals surface area contributed by atoms with Gasteiger partial charge in [-0.25, -0.2) is 0 Å². The fourth-order valence-corrected chi connectivity index (χ4v) is 37.2. The van der Waals surface area contributed by atoms with Gasteiger partial charge in [0.15, 0.2) is 12.6 Å². The van der Waals surface area contributed by atoms with Crippen molar-refractivity contribution in [1.29, 1.82) is 0 Å². The molecule has 2 heterocycles. The predicted octanol–water partition coefficient (Wildman–Crippen LogP) is 18.0. The van der Waals surface area contributed by atoms with Crippen LogP contribution in [0.2, 0.25) is 20.2 Å². The zero-order chi connectivity index (χ0) is 78.7. The van der Waals surface area contributed by atoms with E-state index in [1.165, 1.54) is 41.5 Å². The van der Waals surface area contributed by atoms with Crippen molar-refractivity contribution in [1.82, 2.24) is 0 Å². The molecule has 584 valence electrons. The van der Waals surface area contributed by atoms with E-state index in [4.69, 9.17) is 54.5 Å². The first-order valence-electron chi connectivity index (χ1n) is 40.6. The summed E-state index contributed by atoms with van der Waals surface area (Å²) in [5.41, 5.74) is 4.00. The summed E-state index contributed by atoms with van der Waals surface area (Å²) in [4.78, 5) is 0. The molecule has 2 saturated carbocycles. The van der Waals surface area contributed by atoms with Crippen molar-refractivity contribution in [3.05, 3.63) is 316 Å². The van der Waals surface area contributed by atoms with E-state index < -0.39 is 82.5 Å². The fourth-order valence-electron chi connectivity index (χ4n) is 18.5. The van der Waals surface area contributed by atoms with Crippen LogP contribution < -0.4 is 41.5 Å². The van der Waals surface area contributed by atoms with Crippen LogP contribution in [-0.2, 0) is 41.4 Å². The molecule has 4 aliphatic rings. The van der Waals surface area contributed by atoms with Crippen molar-refractivity contribution in [2.24, 2.45) is 11.8 Å². The lowest BCUT2D eigenvalue weighted by Crippen LogP contribution is -2.71. The quantitative estimate of drug-likeness (QED) is 0.0352. The van der Waals surface area contributed by atoms with Crippen molar-refractivity contribution >= 4 is 74.8 Å². The Morgan fingerprint density at radius 3 is 0.811 bits per heavy atom. The second-order valence-electron chi connectivity index (χ2n) is 35.0. The number of allylic oxidation sites excluding steroid dienone is 2. The molecule has 2 saturated heterocycles. The Balaban J connectivity index is 0.920. The van der Waals surface area contributed by atoms with Crippen LogP contribution in [0, 0.1) is 11.8 Å². The van der Waals surface area contributed by atoms with Crippen molar-refractivity contribution < 1.29 is 41.4 Å². The molecule has 12 rings (SSSR count). The molecule has 10 unspecified atom stereocenters. The second kappa shape index (κ2) is 36.0. The number of benzene rings is 8. The van der Waals surface area contributed by atoms with E-state index in [2.05, 4.69) is 351 Å². The van der Waals surface area contributed by atoms with Crippen LogP contribution in [0.15, 0.2) is 316 Å². The molecule has 8 aromatic rings. The highest BCUT2D eigenvalue weighted by molar-refractivity contribution is 7.01. The van der Waals surface area contributed by atoms with Crippen molar-refractivity contribution in [2.45, 2.75) is 204 Å². The molecule has 9 nitrogen and oxygen atoms in total. The van der Waals surface area contributed by atoms with Gasteiger partial charge in [0.1, 0.15) is 12.2 Å². The van der Waals surface area contributed by atoms with Gasteiger partial charge >= 0.3 is 0 Å². The Bertz CT molecular complexity index is 3940. The van der Waals surface area contributed by atoms with Gasteiger partial charge in [-0.3, -0.25) is 0 Å². The lowest BCUT2D eigenvalue weighted by molar-refractivity contribution is -0.295. The van der Waals surface area contributed by atoms with E-state index in [9.17, 15) is 0 Å². The minimum atomic E-state index is -3.28. The number of ether oxygens (including phenoxy) is 5. The van der Waals surface area contributed by atoms with E-state index in [0.29, 0.717) is 52.1 Å². The van der Waals surface area contributed by atoms with Gasteiger partial charge in [0.05, 0.1) is 37.6 Å². The summed E-state index contributed by atoms with van der Waals surface area (Å²) in [5, 5.41) is 8.14. The molecule has 0 spiro atoms. The second-order valence-corrected chi connectivity index (χ2v) is 52.0. The third-order valence-corrected chi connectivity index (χ3v) is 44.0. The molecule has 2 aliphatic carbocycles. The molecule has 0 radical (unpaired) electrons. The van der Waals surface area contributed by atoms with Crippen LogP contribution in [0.4, 0.5) is 0 Å². The average molecular weight is 1560 g/mol. The lowest BCUT2D eigenvalue weighted by Gasteiger charge is -2.52. The third-order valence-electron chi connectivity index (χ3n) is 23.8. The highest BCUT2D eigenvalue weighted by Crippen LogP contribution is 2.49. The minimum absolute atomic E-state index is 0.00481. The SMILES string of the molecule is C=CCOC1C(O[Si](c2ccccc2)(c2ccccc2)C(C)(C)C)CC(=CCC2CCCOC2OC2OCCCC2CC=C2CC(O[Si](c3ccccc3)(c3ccccc3)C(C)(C)C)C(OCC=C)C(O[Si](c3ccccc3)(c3ccccc3)C(C)(C)C)C2=C)C(=C)C1O[Si](c1ccccc1)(c1ccccc1)C(C)(C)C. The van der Waals surface area contributed by atoms with E-state index in [1.54, 1.807) is 0 Å². The van der Waals surface area contributed by atoms with Crippen LogP contribution in [0.3, 0.4) is 0 Å². The Kier molecular flexibility index (Phi) is 27.0. The van der Waals surface area contributed by atoms with E-state index in [1.807, 2.05) is 12.2 Å². The molecular formula is C98H122O9Si4. The Labute approximate surface area is 669 Å². The molecule has 0 amide bonds. The first-order chi connectivity index (χ1) is 53.3. The molecule has 13 heteroatoms.